The Kier molecular flexibility index (Phi) is 6.18. The molecule has 0 unspecified atom stereocenters. The molecule has 0 aliphatic rings. The lowest BCUT2D eigenvalue weighted by atomic mass is 10.1. The van der Waals surface area contributed by atoms with Crippen LogP contribution in [0.5, 0.6) is 11.5 Å². The minimum atomic E-state index is -0.523. The van der Waals surface area contributed by atoms with Gasteiger partial charge in [-0.1, -0.05) is 24.3 Å². The van der Waals surface area contributed by atoms with Crippen molar-refractivity contribution >= 4 is 24.4 Å². The smallest absolute Gasteiger partial charge is 0.345 e. The lowest BCUT2D eigenvalue weighted by Crippen LogP contribution is -2.09. The van der Waals surface area contributed by atoms with Gasteiger partial charge >= 0.3 is 5.97 Å². The third-order valence-corrected chi connectivity index (χ3v) is 4.91. The van der Waals surface area contributed by atoms with E-state index < -0.39 is 5.97 Å². The highest BCUT2D eigenvalue weighted by Crippen LogP contribution is 2.28. The first-order valence-corrected chi connectivity index (χ1v) is 10.1. The predicted octanol–water partition coefficient (Wildman–Crippen LogP) is 4.42. The van der Waals surface area contributed by atoms with Gasteiger partial charge in [0.05, 0.1) is 18.9 Å². The Balaban J connectivity index is 1.60. The van der Waals surface area contributed by atoms with E-state index in [0.29, 0.717) is 27.7 Å². The summed E-state index contributed by atoms with van der Waals surface area (Å²) in [4.78, 5) is 16.2. The summed E-state index contributed by atoms with van der Waals surface area (Å²) in [5.41, 5.74) is 3.05. The Hall–Kier alpha value is -4.11. The van der Waals surface area contributed by atoms with E-state index in [-0.39, 0.29) is 0 Å². The van der Waals surface area contributed by atoms with Gasteiger partial charge in [0.25, 0.3) is 0 Å². The first-order valence-electron chi connectivity index (χ1n) is 9.65. The summed E-state index contributed by atoms with van der Waals surface area (Å²) in [6, 6.07) is 16.3. The Morgan fingerprint density at radius 1 is 1.16 bits per heavy atom. The zero-order valence-corrected chi connectivity index (χ0v) is 18.2. The van der Waals surface area contributed by atoms with E-state index in [1.165, 1.54) is 13.3 Å². The standard InChI is InChI=1S/C23H19N5O3S/c1-15-6-3-4-8-18(15)21-26-27-23(32)28(21)25-13-16-9-10-19(20(12-16)30-2)31-22(29)17-7-5-11-24-14-17/h3-14H,1-2H3,(H,27,32)/b25-13+. The molecule has 0 atom stereocenters. The van der Waals surface area contributed by atoms with E-state index in [4.69, 9.17) is 21.7 Å². The Morgan fingerprint density at radius 3 is 2.75 bits per heavy atom. The number of ether oxygens (including phenoxy) is 2. The summed E-state index contributed by atoms with van der Waals surface area (Å²) in [5.74, 6) is 0.767. The number of hydrogen-bond acceptors (Lipinski definition) is 7. The molecule has 2 aromatic heterocycles. The van der Waals surface area contributed by atoms with Crippen molar-refractivity contribution in [3.05, 3.63) is 88.5 Å². The first-order chi connectivity index (χ1) is 15.6. The second-order valence-electron chi connectivity index (χ2n) is 6.77. The highest BCUT2D eigenvalue weighted by molar-refractivity contribution is 7.71. The van der Waals surface area contributed by atoms with Crippen LogP contribution in [0.25, 0.3) is 11.4 Å². The van der Waals surface area contributed by atoms with Crippen molar-refractivity contribution in [1.82, 2.24) is 19.9 Å². The van der Waals surface area contributed by atoms with Gasteiger partial charge in [-0.05, 0) is 60.6 Å². The van der Waals surface area contributed by atoms with Gasteiger partial charge < -0.3 is 9.47 Å². The number of aryl methyl sites for hydroxylation is 1. The lowest BCUT2D eigenvalue weighted by molar-refractivity contribution is 0.0729. The van der Waals surface area contributed by atoms with Crippen LogP contribution in [0.2, 0.25) is 0 Å². The number of nitrogens with zero attached hydrogens (tertiary/aromatic N) is 4. The quantitative estimate of drug-likeness (QED) is 0.204. The zero-order chi connectivity index (χ0) is 22.5. The van der Waals surface area contributed by atoms with Crippen LogP contribution in [0.3, 0.4) is 0 Å². The number of carbonyl (C=O) groups excluding carboxylic acids is 1. The van der Waals surface area contributed by atoms with Crippen LogP contribution in [0, 0.1) is 11.7 Å². The molecule has 0 saturated heterocycles. The number of carbonyl (C=O) groups is 1. The average Bonchev–Trinajstić information content (AvgIpc) is 3.19. The second-order valence-corrected chi connectivity index (χ2v) is 7.15. The maximum atomic E-state index is 12.3. The summed E-state index contributed by atoms with van der Waals surface area (Å²) in [6.45, 7) is 2.00. The van der Waals surface area contributed by atoms with Gasteiger partial charge in [-0.3, -0.25) is 4.98 Å². The highest BCUT2D eigenvalue weighted by Gasteiger charge is 2.13. The largest absolute Gasteiger partial charge is 0.493 e. The predicted molar refractivity (Wildman–Crippen MR) is 123 cm³/mol. The van der Waals surface area contributed by atoms with Gasteiger partial charge in [0, 0.05) is 18.0 Å². The van der Waals surface area contributed by atoms with Gasteiger partial charge in [0.2, 0.25) is 4.77 Å². The van der Waals surface area contributed by atoms with Crippen molar-refractivity contribution in [3.8, 4) is 22.9 Å². The summed E-state index contributed by atoms with van der Waals surface area (Å²) in [6.07, 6.45) is 4.65. The van der Waals surface area contributed by atoms with E-state index in [9.17, 15) is 4.79 Å². The van der Waals surface area contributed by atoms with Crippen molar-refractivity contribution in [2.45, 2.75) is 6.92 Å². The summed E-state index contributed by atoms with van der Waals surface area (Å²) >= 11 is 5.34. The molecular formula is C23H19N5O3S. The molecule has 4 aromatic rings. The van der Waals surface area contributed by atoms with Crippen LogP contribution < -0.4 is 9.47 Å². The average molecular weight is 446 g/mol. The normalized spacial score (nSPS) is 10.9. The molecule has 4 rings (SSSR count). The number of nitrogens with one attached hydrogen (secondary N) is 1. The van der Waals surface area contributed by atoms with E-state index in [1.807, 2.05) is 31.2 Å². The second kappa shape index (κ2) is 9.36. The summed E-state index contributed by atoms with van der Waals surface area (Å²) in [7, 11) is 1.50. The fourth-order valence-corrected chi connectivity index (χ4v) is 3.19. The molecule has 1 N–H and O–H groups in total. The van der Waals surface area contributed by atoms with E-state index in [1.54, 1.807) is 47.4 Å². The fraction of sp³-hybridized carbons (Fsp3) is 0.0870. The molecule has 9 heteroatoms. The maximum absolute atomic E-state index is 12.3. The van der Waals surface area contributed by atoms with Crippen molar-refractivity contribution < 1.29 is 14.3 Å². The number of rotatable bonds is 6. The van der Waals surface area contributed by atoms with Gasteiger partial charge in [-0.2, -0.15) is 14.9 Å². The van der Waals surface area contributed by atoms with Crippen molar-refractivity contribution in [3.63, 3.8) is 0 Å². The maximum Gasteiger partial charge on any atom is 0.345 e. The number of hydrogen-bond donors (Lipinski definition) is 1. The first kappa shape index (κ1) is 21.1. The number of pyridine rings is 1. The van der Waals surface area contributed by atoms with Crippen LogP contribution in [-0.4, -0.2) is 39.2 Å². The summed E-state index contributed by atoms with van der Waals surface area (Å²) < 4.78 is 12.8. The molecule has 32 heavy (non-hydrogen) atoms. The number of aromatic amines is 1. The topological polar surface area (TPSA) is 94.4 Å². The van der Waals surface area contributed by atoms with Crippen molar-refractivity contribution in [1.29, 1.82) is 0 Å². The molecule has 160 valence electrons. The molecule has 0 bridgehead atoms. The summed E-state index contributed by atoms with van der Waals surface area (Å²) in [5, 5.41) is 11.6. The monoisotopic (exact) mass is 445 g/mol. The number of H-pyrrole nitrogens is 1. The minimum absolute atomic E-state index is 0.291. The number of benzene rings is 2. The molecular weight excluding hydrogens is 426 g/mol. The molecule has 0 saturated carbocycles. The molecule has 0 aliphatic heterocycles. The van der Waals surface area contributed by atoms with Gasteiger partial charge in [0.1, 0.15) is 0 Å². The molecule has 0 spiro atoms. The molecule has 2 aromatic carbocycles. The van der Waals surface area contributed by atoms with E-state index in [0.717, 1.165) is 16.7 Å². The Bertz CT molecular complexity index is 1350. The van der Waals surface area contributed by atoms with Crippen LogP contribution >= 0.6 is 12.2 Å². The Morgan fingerprint density at radius 2 is 2.00 bits per heavy atom. The molecule has 2 heterocycles. The minimum Gasteiger partial charge on any atom is -0.493 e. The number of aromatic nitrogens is 4. The number of methoxy groups -OCH3 is 1. The zero-order valence-electron chi connectivity index (χ0n) is 17.4. The van der Waals surface area contributed by atoms with Crippen molar-refractivity contribution in [2.75, 3.05) is 7.11 Å². The van der Waals surface area contributed by atoms with Crippen LogP contribution in [0.4, 0.5) is 0 Å². The Labute approximate surface area is 189 Å². The third kappa shape index (κ3) is 4.47. The molecule has 8 nitrogen and oxygen atoms in total. The van der Waals surface area contributed by atoms with Crippen molar-refractivity contribution in [2.24, 2.45) is 5.10 Å². The van der Waals surface area contributed by atoms with Crippen LogP contribution in [0.1, 0.15) is 21.5 Å². The number of esters is 1. The molecule has 0 radical (unpaired) electrons. The third-order valence-electron chi connectivity index (χ3n) is 4.65. The van der Waals surface area contributed by atoms with Crippen LogP contribution in [0.15, 0.2) is 72.1 Å². The molecule has 0 fully saturated rings. The van der Waals surface area contributed by atoms with Gasteiger partial charge in [-0.15, -0.1) is 0 Å². The van der Waals surface area contributed by atoms with Gasteiger partial charge in [-0.25, -0.2) is 9.89 Å². The highest BCUT2D eigenvalue weighted by atomic mass is 32.1. The van der Waals surface area contributed by atoms with Crippen LogP contribution in [-0.2, 0) is 0 Å². The van der Waals surface area contributed by atoms with Gasteiger partial charge in [0.15, 0.2) is 17.3 Å². The molecule has 0 aliphatic carbocycles. The fourth-order valence-electron chi connectivity index (χ4n) is 3.01. The van der Waals surface area contributed by atoms with E-state index >= 15 is 0 Å². The lowest BCUT2D eigenvalue weighted by Gasteiger charge is -2.10. The SMILES string of the molecule is COc1cc(/C=N/n2c(-c3ccccc3C)n[nH]c2=S)ccc1OC(=O)c1cccnc1. The molecule has 0 amide bonds. The van der Waals surface area contributed by atoms with E-state index in [2.05, 4.69) is 20.3 Å².